The average molecular weight is 195 g/mol. The highest BCUT2D eigenvalue weighted by molar-refractivity contribution is 5.04. The van der Waals surface area contributed by atoms with Crippen molar-refractivity contribution >= 4 is 0 Å². The molecule has 1 heteroatoms. The van der Waals surface area contributed by atoms with E-state index in [2.05, 4.69) is 32.6 Å². The molecule has 0 bridgehead atoms. The third-order valence-electron chi connectivity index (χ3n) is 4.46. The molecule has 1 aliphatic heterocycles. The van der Waals surface area contributed by atoms with E-state index < -0.39 is 0 Å². The Morgan fingerprint density at radius 3 is 2.21 bits per heavy atom. The second-order valence-corrected chi connectivity index (χ2v) is 6.07. The van der Waals surface area contributed by atoms with Crippen molar-refractivity contribution < 1.29 is 0 Å². The summed E-state index contributed by atoms with van der Waals surface area (Å²) in [7, 11) is 0. The number of nitrogens with zero attached hydrogens (tertiary/aromatic N) is 1. The number of piperidine rings is 1. The van der Waals surface area contributed by atoms with Crippen molar-refractivity contribution in [2.24, 2.45) is 17.3 Å². The summed E-state index contributed by atoms with van der Waals surface area (Å²) in [5, 5.41) is 0. The zero-order valence-electron chi connectivity index (χ0n) is 10.2. The van der Waals surface area contributed by atoms with Crippen LogP contribution < -0.4 is 0 Å². The Bertz CT molecular complexity index is 203. The van der Waals surface area contributed by atoms with Crippen LogP contribution in [0.5, 0.6) is 0 Å². The van der Waals surface area contributed by atoms with E-state index in [-0.39, 0.29) is 0 Å². The molecule has 1 nitrogen and oxygen atoms in total. The van der Waals surface area contributed by atoms with Crippen LogP contribution in [0, 0.1) is 17.3 Å². The lowest BCUT2D eigenvalue weighted by Gasteiger charge is -2.43. The predicted octanol–water partition coefficient (Wildman–Crippen LogP) is 3.15. The Morgan fingerprint density at radius 1 is 1.14 bits per heavy atom. The zero-order chi connectivity index (χ0) is 10.3. The number of hydrogen-bond donors (Lipinski definition) is 0. The molecule has 0 aromatic carbocycles. The van der Waals surface area contributed by atoms with Crippen LogP contribution in [0.25, 0.3) is 0 Å². The predicted molar refractivity (Wildman–Crippen MR) is 61.3 cm³/mol. The molecule has 0 aromatic rings. The van der Waals surface area contributed by atoms with Gasteiger partial charge >= 0.3 is 0 Å². The topological polar surface area (TPSA) is 3.24 Å². The largest absolute Gasteiger partial charge is 0.300 e. The van der Waals surface area contributed by atoms with E-state index in [4.69, 9.17) is 0 Å². The second-order valence-electron chi connectivity index (χ2n) is 6.07. The smallest absolute Gasteiger partial charge is 0.00434 e. The van der Waals surface area contributed by atoms with Crippen LogP contribution in [0.2, 0.25) is 0 Å². The average Bonchev–Trinajstić information content (AvgIpc) is 2.84. The molecule has 0 unspecified atom stereocenters. The molecule has 1 saturated heterocycles. The summed E-state index contributed by atoms with van der Waals surface area (Å²) in [6.07, 6.45) is 4.44. The maximum absolute atomic E-state index is 2.69. The van der Waals surface area contributed by atoms with Gasteiger partial charge in [0.15, 0.2) is 0 Å². The summed E-state index contributed by atoms with van der Waals surface area (Å²) in [6.45, 7) is 12.2. The van der Waals surface area contributed by atoms with Crippen molar-refractivity contribution in [3.05, 3.63) is 0 Å². The van der Waals surface area contributed by atoms with Gasteiger partial charge in [0.2, 0.25) is 0 Å². The Morgan fingerprint density at radius 2 is 1.79 bits per heavy atom. The van der Waals surface area contributed by atoms with Crippen molar-refractivity contribution in [1.29, 1.82) is 0 Å². The molecule has 0 radical (unpaired) electrons. The maximum atomic E-state index is 2.69. The molecule has 2 fully saturated rings. The van der Waals surface area contributed by atoms with Crippen molar-refractivity contribution in [1.82, 2.24) is 4.90 Å². The monoisotopic (exact) mass is 195 g/mol. The Kier molecular flexibility index (Phi) is 2.63. The van der Waals surface area contributed by atoms with Crippen LogP contribution in [0.3, 0.4) is 0 Å². The Hall–Kier alpha value is -0.0400. The Balaban J connectivity index is 2.02. The lowest BCUT2D eigenvalue weighted by Crippen LogP contribution is -2.46. The molecule has 0 N–H and O–H groups in total. The fourth-order valence-corrected chi connectivity index (χ4v) is 3.38. The van der Waals surface area contributed by atoms with E-state index in [0.717, 1.165) is 23.3 Å². The zero-order valence-corrected chi connectivity index (χ0v) is 10.2. The molecule has 82 valence electrons. The molecular weight excluding hydrogens is 170 g/mol. The highest BCUT2D eigenvalue weighted by Gasteiger charge is 2.52. The highest BCUT2D eigenvalue weighted by Crippen LogP contribution is 2.58. The van der Waals surface area contributed by atoms with Gasteiger partial charge in [0.25, 0.3) is 0 Å². The van der Waals surface area contributed by atoms with Gasteiger partial charge in [-0.2, -0.15) is 0 Å². The lowest BCUT2D eigenvalue weighted by atomic mass is 9.75. The van der Waals surface area contributed by atoms with Gasteiger partial charge in [-0.05, 0) is 56.9 Å². The first-order valence-electron chi connectivity index (χ1n) is 6.29. The van der Waals surface area contributed by atoms with Gasteiger partial charge in [-0.15, -0.1) is 0 Å². The van der Waals surface area contributed by atoms with Gasteiger partial charge < -0.3 is 4.90 Å². The third-order valence-corrected chi connectivity index (χ3v) is 4.46. The van der Waals surface area contributed by atoms with Gasteiger partial charge in [-0.1, -0.05) is 13.8 Å². The normalized spacial score (nSPS) is 31.7. The molecule has 14 heavy (non-hydrogen) atoms. The fraction of sp³-hybridized carbons (Fsp3) is 1.00. The molecule has 1 atom stereocenters. The van der Waals surface area contributed by atoms with Crippen LogP contribution in [-0.2, 0) is 0 Å². The fourth-order valence-electron chi connectivity index (χ4n) is 3.38. The van der Waals surface area contributed by atoms with Crippen molar-refractivity contribution in [3.8, 4) is 0 Å². The van der Waals surface area contributed by atoms with Crippen molar-refractivity contribution in [2.75, 3.05) is 13.1 Å². The summed E-state index contributed by atoms with van der Waals surface area (Å²) >= 11 is 0. The molecular formula is C13H25N. The van der Waals surface area contributed by atoms with Gasteiger partial charge in [-0.25, -0.2) is 0 Å². The molecule has 2 aliphatic rings. The molecule has 1 aliphatic carbocycles. The van der Waals surface area contributed by atoms with Crippen LogP contribution in [-0.4, -0.2) is 24.0 Å². The number of likely N-dealkylation sites (tertiary alicyclic amines) is 1. The van der Waals surface area contributed by atoms with E-state index in [1.165, 1.54) is 32.4 Å². The van der Waals surface area contributed by atoms with Gasteiger partial charge in [0.05, 0.1) is 0 Å². The third kappa shape index (κ3) is 1.71. The molecule has 0 amide bonds. The summed E-state index contributed by atoms with van der Waals surface area (Å²) in [4.78, 5) is 2.69. The van der Waals surface area contributed by atoms with Crippen LogP contribution in [0.1, 0.15) is 47.0 Å². The second kappa shape index (κ2) is 3.52. The number of rotatable bonds is 2. The van der Waals surface area contributed by atoms with Crippen molar-refractivity contribution in [3.63, 3.8) is 0 Å². The Labute approximate surface area is 88.9 Å². The van der Waals surface area contributed by atoms with Crippen LogP contribution in [0.4, 0.5) is 0 Å². The number of hydrogen-bond acceptors (Lipinski definition) is 1. The minimum absolute atomic E-state index is 0.747. The SMILES string of the molecule is CC(C)[C@H]1CCN(C(C)C)CC12CC2. The van der Waals surface area contributed by atoms with Crippen LogP contribution >= 0.6 is 0 Å². The summed E-state index contributed by atoms with van der Waals surface area (Å²) in [5.74, 6) is 1.91. The molecule has 1 spiro atoms. The molecule has 1 heterocycles. The highest BCUT2D eigenvalue weighted by atomic mass is 15.2. The lowest BCUT2D eigenvalue weighted by molar-refractivity contribution is 0.0556. The molecule has 0 aromatic heterocycles. The van der Waals surface area contributed by atoms with E-state index in [0.29, 0.717) is 0 Å². The molecule has 1 saturated carbocycles. The van der Waals surface area contributed by atoms with Gasteiger partial charge in [0.1, 0.15) is 0 Å². The minimum Gasteiger partial charge on any atom is -0.300 e. The first-order valence-corrected chi connectivity index (χ1v) is 6.29. The summed E-state index contributed by atoms with van der Waals surface area (Å²) in [6, 6.07) is 0.751. The minimum atomic E-state index is 0.747. The molecule has 2 rings (SSSR count). The van der Waals surface area contributed by atoms with E-state index in [1.807, 2.05) is 0 Å². The van der Waals surface area contributed by atoms with E-state index in [9.17, 15) is 0 Å². The standard InChI is InChI=1S/C13H25N/c1-10(2)12-5-8-14(11(3)4)9-13(12)6-7-13/h10-12H,5-9H2,1-4H3/t12-/m1/s1. The van der Waals surface area contributed by atoms with Crippen LogP contribution in [0.15, 0.2) is 0 Å². The quantitative estimate of drug-likeness (QED) is 0.654. The van der Waals surface area contributed by atoms with Gasteiger partial charge in [0, 0.05) is 12.6 Å². The van der Waals surface area contributed by atoms with E-state index >= 15 is 0 Å². The van der Waals surface area contributed by atoms with Crippen molar-refractivity contribution in [2.45, 2.75) is 53.0 Å². The first-order chi connectivity index (χ1) is 6.55. The summed E-state index contributed by atoms with van der Waals surface area (Å²) in [5.41, 5.74) is 0.747. The maximum Gasteiger partial charge on any atom is 0.00434 e. The summed E-state index contributed by atoms with van der Waals surface area (Å²) < 4.78 is 0. The first kappa shape index (κ1) is 10.5. The van der Waals surface area contributed by atoms with E-state index in [1.54, 1.807) is 0 Å². The van der Waals surface area contributed by atoms with Gasteiger partial charge in [-0.3, -0.25) is 0 Å².